The largest absolute Gasteiger partial charge is 0.497 e. The number of aryl methyl sites for hydroxylation is 7. The Morgan fingerprint density at radius 1 is 0.436 bits per heavy atom. The van der Waals surface area contributed by atoms with Crippen LogP contribution in [-0.2, 0) is 28.7 Å². The van der Waals surface area contributed by atoms with Gasteiger partial charge in [-0.25, -0.2) is 0 Å². The third kappa shape index (κ3) is 18.0. The molecule has 11 heterocycles. The molecule has 31 heteroatoms. The summed E-state index contributed by atoms with van der Waals surface area (Å²) in [4.78, 5) is 72.7. The predicted molar refractivity (Wildman–Crippen MR) is 464 cm³/mol. The SMILES string of the molecule is C.CCCC(=O)CC1N=C(c2ccc(Cl)cc2)c2cc(OC)ccc2-n2c(C)nnc21.COC(=O)CC1N=C(c2ccc(Cl)cc2)c2c(sc(C)c2C)-n2c(C)nnc21.Cc1sc2c(c1C)C(c1ccc(Cl)cc1)=NC(CC(=O)OC(C)(C)C)c1nnc(C)n1-2.Cc1sc2c(c1C)C(c1ccc(Cl)cc1)=NC(CC(N)=O)c1nnc(C)n1-2. The lowest BCUT2D eigenvalue weighted by Crippen LogP contribution is -2.25. The van der Waals surface area contributed by atoms with Crippen molar-refractivity contribution in [2.24, 2.45) is 25.7 Å². The zero-order valence-corrected chi connectivity index (χ0v) is 72.3. The van der Waals surface area contributed by atoms with Crippen molar-refractivity contribution in [3.63, 3.8) is 0 Å². The Balaban J connectivity index is 0.000000143. The molecule has 4 atom stereocenters. The number of ether oxygens (including phenoxy) is 3. The van der Waals surface area contributed by atoms with E-state index in [9.17, 15) is 19.2 Å². The molecule has 606 valence electrons. The number of nitrogens with two attached hydrogens (primary N) is 1. The third-order valence-corrected chi connectivity index (χ3v) is 24.6. The van der Waals surface area contributed by atoms with Crippen LogP contribution >= 0.6 is 80.4 Å². The van der Waals surface area contributed by atoms with Crippen molar-refractivity contribution in [1.29, 1.82) is 0 Å². The van der Waals surface area contributed by atoms with E-state index in [0.717, 1.165) is 140 Å². The second-order valence-electron chi connectivity index (χ2n) is 29.3. The molecule has 12 aromatic rings. The Morgan fingerprint density at radius 3 is 1.10 bits per heavy atom. The van der Waals surface area contributed by atoms with E-state index in [1.807, 2.05) is 189 Å². The summed E-state index contributed by atoms with van der Waals surface area (Å²) in [5, 5.41) is 40.2. The molecule has 0 radical (unpaired) electrons. The van der Waals surface area contributed by atoms with Crippen LogP contribution in [0.3, 0.4) is 0 Å². The molecule has 5 aromatic carbocycles. The maximum absolute atomic E-state index is 12.7. The number of ketones is 1. The Kier molecular flexibility index (Phi) is 26.2. The number of thiophene rings is 3. The zero-order valence-electron chi connectivity index (χ0n) is 66.8. The average Bonchev–Trinajstić information content (AvgIpc) is 1.59. The van der Waals surface area contributed by atoms with Gasteiger partial charge >= 0.3 is 11.9 Å². The van der Waals surface area contributed by atoms with Crippen LogP contribution < -0.4 is 10.5 Å². The number of carbonyl (C=O) groups excluding carboxylic acids is 4. The highest BCUT2D eigenvalue weighted by atomic mass is 35.5. The molecule has 7 aromatic heterocycles. The van der Waals surface area contributed by atoms with Gasteiger partial charge in [0.25, 0.3) is 0 Å². The van der Waals surface area contributed by atoms with Crippen molar-refractivity contribution in [3.8, 4) is 26.4 Å². The van der Waals surface area contributed by atoms with Gasteiger partial charge in [-0.2, -0.15) is 0 Å². The molecular formula is C86H89Cl4N17O7S3. The van der Waals surface area contributed by atoms with E-state index in [1.54, 1.807) is 41.1 Å². The molecule has 0 fully saturated rings. The molecular weight excluding hydrogens is 1620 g/mol. The minimum Gasteiger partial charge on any atom is -0.497 e. The molecule has 0 spiro atoms. The number of methoxy groups -OCH3 is 2. The fourth-order valence-electron chi connectivity index (χ4n) is 14.1. The number of aliphatic imine (C=N–C) groups is 4. The first kappa shape index (κ1) is 85.8. The molecule has 24 nitrogen and oxygen atoms in total. The van der Waals surface area contributed by atoms with Gasteiger partial charge in [0.05, 0.1) is 62.0 Å². The fourth-order valence-corrected chi connectivity index (χ4v) is 18.3. The van der Waals surface area contributed by atoms with Gasteiger partial charge in [-0.3, -0.25) is 57.4 Å². The molecule has 117 heavy (non-hydrogen) atoms. The Morgan fingerprint density at radius 2 is 0.761 bits per heavy atom. The highest BCUT2D eigenvalue weighted by Gasteiger charge is 2.38. The Labute approximate surface area is 711 Å². The molecule has 0 aliphatic carbocycles. The highest BCUT2D eigenvalue weighted by Crippen LogP contribution is 2.45. The smallest absolute Gasteiger partial charge is 0.308 e. The number of benzene rings is 5. The first-order valence-corrected chi connectivity index (χ1v) is 41.4. The minimum absolute atomic E-state index is 0. The van der Waals surface area contributed by atoms with E-state index in [0.29, 0.717) is 49.8 Å². The number of amides is 1. The van der Waals surface area contributed by atoms with Crippen LogP contribution in [0.1, 0.15) is 220 Å². The lowest BCUT2D eigenvalue weighted by molar-refractivity contribution is -0.155. The van der Waals surface area contributed by atoms with Crippen LogP contribution in [0.5, 0.6) is 5.75 Å². The number of nitrogens with zero attached hydrogens (tertiary/aromatic N) is 16. The second kappa shape index (κ2) is 35.7. The maximum Gasteiger partial charge on any atom is 0.308 e. The van der Waals surface area contributed by atoms with Crippen LogP contribution in [0.4, 0.5) is 0 Å². The van der Waals surface area contributed by atoms with Crippen LogP contribution in [0.15, 0.2) is 135 Å². The summed E-state index contributed by atoms with van der Waals surface area (Å²) in [6.45, 7) is 27.8. The number of fused-ring (bicyclic) bond motifs is 12. The topological polar surface area (TPSA) is 294 Å². The van der Waals surface area contributed by atoms with Crippen molar-refractivity contribution in [2.45, 2.75) is 173 Å². The Bertz CT molecular complexity index is 5920. The van der Waals surface area contributed by atoms with Crippen molar-refractivity contribution in [3.05, 3.63) is 258 Å². The lowest BCUT2D eigenvalue weighted by atomic mass is 9.99. The number of hydrogen-bond donors (Lipinski definition) is 1. The number of aromatic nitrogens is 12. The fraction of sp³-hybridized carbons (Fsp3) is 0.326. The molecule has 0 saturated heterocycles. The number of rotatable bonds is 15. The molecule has 0 bridgehead atoms. The van der Waals surface area contributed by atoms with Gasteiger partial charge in [0.1, 0.15) is 79.6 Å². The Hall–Kier alpha value is -10.5. The molecule has 4 unspecified atom stereocenters. The highest BCUT2D eigenvalue weighted by molar-refractivity contribution is 7.16. The van der Waals surface area contributed by atoms with E-state index < -0.39 is 35.7 Å². The van der Waals surface area contributed by atoms with Crippen molar-refractivity contribution >= 4 is 127 Å². The lowest BCUT2D eigenvalue weighted by Gasteiger charge is -2.21. The van der Waals surface area contributed by atoms with Gasteiger partial charge in [-0.15, -0.1) is 74.8 Å². The van der Waals surface area contributed by atoms with E-state index in [4.69, 9.17) is 86.3 Å². The van der Waals surface area contributed by atoms with Crippen molar-refractivity contribution in [1.82, 2.24) is 59.1 Å². The van der Waals surface area contributed by atoms with E-state index in [2.05, 4.69) is 82.3 Å². The minimum atomic E-state index is -0.569. The van der Waals surface area contributed by atoms with E-state index in [-0.39, 0.29) is 50.8 Å². The first-order chi connectivity index (χ1) is 55.3. The summed E-state index contributed by atoms with van der Waals surface area (Å²) in [5.41, 5.74) is 20.3. The predicted octanol–water partition coefficient (Wildman–Crippen LogP) is 19.1. The summed E-state index contributed by atoms with van der Waals surface area (Å²) >= 11 is 29.4. The van der Waals surface area contributed by atoms with Crippen LogP contribution in [-0.4, -0.2) is 125 Å². The van der Waals surface area contributed by atoms with Gasteiger partial charge < -0.3 is 19.9 Å². The van der Waals surface area contributed by atoms with Crippen molar-refractivity contribution in [2.75, 3.05) is 14.2 Å². The number of halogens is 4. The number of hydrogen-bond acceptors (Lipinski definition) is 22. The average molecular weight is 1710 g/mol. The van der Waals surface area contributed by atoms with Gasteiger partial charge in [0.15, 0.2) is 23.3 Å². The molecule has 4 aliphatic heterocycles. The normalized spacial score (nSPS) is 15.4. The molecule has 16 rings (SSSR count). The number of carbonyl (C=O) groups is 4. The van der Waals surface area contributed by atoms with Gasteiger partial charge in [0, 0.05) is 92.1 Å². The molecule has 2 N–H and O–H groups in total. The standard InChI is InChI=1S/C23H25ClN4O2S.C23H23ClN4O2.C20H19ClN4O2S.C19H18ClN5OS.CH4/c1-12-13(2)31-22-19(12)20(15-7-9-16(24)10-8-15)25-17(11-18(29)30-23(4,5)6)21-27-26-14(3)28(21)22;1-4-5-17(29)12-20-23-27-26-14(2)28(23)21-11-10-18(30-3)13-19(21)22(25-20)15-6-8-16(24)9-7-15;1-10-11(2)28-20-17(10)18(13-5-7-14(21)8-6-13)22-15(9-16(26)27-4)19-24-23-12(3)25(19)20;1-9-10(2)27-19-16(9)17(12-4-6-13(20)7-5-12)22-14(8-15(21)26)18-24-23-11(3)25(18)19;/h7-10,17H,11H2,1-6H3;6-11,13,20H,4-5,12H2,1-3H3;5-8,15H,9H2,1-4H3;4-7,14H,8H2,1-3H3,(H2,21,26);1H4. The summed E-state index contributed by atoms with van der Waals surface area (Å²) < 4.78 is 24.0. The van der Waals surface area contributed by atoms with Crippen LogP contribution in [0.2, 0.25) is 20.1 Å². The molecule has 4 aliphatic rings. The maximum atomic E-state index is 12.7. The zero-order chi connectivity index (χ0) is 83.0. The number of Topliss-reactive ketones (excluding diaryl/α,β-unsaturated/α-hetero) is 1. The van der Waals surface area contributed by atoms with Crippen LogP contribution in [0, 0.1) is 69.2 Å². The van der Waals surface area contributed by atoms with Crippen LogP contribution in [0.25, 0.3) is 20.7 Å². The van der Waals surface area contributed by atoms with Crippen molar-refractivity contribution < 1.29 is 33.4 Å². The van der Waals surface area contributed by atoms with E-state index in [1.165, 1.54) is 21.7 Å². The number of esters is 2. The summed E-state index contributed by atoms with van der Waals surface area (Å²) in [6.07, 6.45) is 1.87. The van der Waals surface area contributed by atoms with E-state index >= 15 is 0 Å². The van der Waals surface area contributed by atoms with Gasteiger partial charge in [-0.1, -0.05) is 109 Å². The quantitative estimate of drug-likeness (QED) is 0.0933. The summed E-state index contributed by atoms with van der Waals surface area (Å²) in [6, 6.07) is 34.3. The summed E-state index contributed by atoms with van der Waals surface area (Å²) in [7, 11) is 3.02. The summed E-state index contributed by atoms with van der Waals surface area (Å²) in [5.74, 6) is 5.45. The van der Waals surface area contributed by atoms with Gasteiger partial charge in [-0.05, 0) is 180 Å². The molecule has 1 amide bonds. The second-order valence-corrected chi connectivity index (χ2v) is 34.6. The van der Waals surface area contributed by atoms with Gasteiger partial charge in [0.2, 0.25) is 5.91 Å². The monoisotopic (exact) mass is 1710 g/mol. The number of primary amides is 1. The first-order valence-electron chi connectivity index (χ1n) is 37.5. The molecule has 0 saturated carbocycles. The third-order valence-electron chi connectivity index (χ3n) is 20.0.